The van der Waals surface area contributed by atoms with E-state index in [0.717, 1.165) is 0 Å². The Morgan fingerprint density at radius 3 is 2.23 bits per heavy atom. The van der Waals surface area contributed by atoms with Gasteiger partial charge in [0.1, 0.15) is 5.56 Å². The van der Waals surface area contributed by atoms with Gasteiger partial charge in [0.2, 0.25) is 0 Å². The van der Waals surface area contributed by atoms with E-state index in [9.17, 15) is 31.1 Å². The normalized spacial score (nSPS) is 20.2. The van der Waals surface area contributed by atoms with Gasteiger partial charge in [-0.3, -0.25) is 0 Å². The molecular formula is C11H10F6N2O3. The first kappa shape index (κ1) is 16.6. The van der Waals surface area contributed by atoms with Gasteiger partial charge in [-0.25, -0.2) is 9.48 Å². The van der Waals surface area contributed by atoms with E-state index in [0.29, 0.717) is 12.8 Å². The summed E-state index contributed by atoms with van der Waals surface area (Å²) in [6, 6.07) is 0. The Morgan fingerprint density at radius 2 is 1.82 bits per heavy atom. The lowest BCUT2D eigenvalue weighted by Gasteiger charge is -2.25. The molecule has 0 saturated carbocycles. The van der Waals surface area contributed by atoms with Gasteiger partial charge < -0.3 is 9.84 Å². The van der Waals surface area contributed by atoms with Crippen molar-refractivity contribution in [2.24, 2.45) is 0 Å². The van der Waals surface area contributed by atoms with E-state index in [-0.39, 0.29) is 17.7 Å². The van der Waals surface area contributed by atoms with Crippen LogP contribution in [0.2, 0.25) is 0 Å². The summed E-state index contributed by atoms with van der Waals surface area (Å²) in [7, 11) is 0. The predicted octanol–water partition coefficient (Wildman–Crippen LogP) is 3.32. The molecule has 0 aliphatic carbocycles. The van der Waals surface area contributed by atoms with E-state index < -0.39 is 41.5 Å². The van der Waals surface area contributed by atoms with E-state index in [1.165, 1.54) is 0 Å². The van der Waals surface area contributed by atoms with Crippen molar-refractivity contribution in [3.8, 4) is 0 Å². The number of carboxylic acid groups (broad SMARTS) is 1. The number of nitrogens with zero attached hydrogens (tertiary/aromatic N) is 2. The molecule has 0 bridgehead atoms. The first-order chi connectivity index (χ1) is 10.0. The second-order valence-corrected chi connectivity index (χ2v) is 4.64. The Labute approximate surface area is 119 Å². The largest absolute Gasteiger partial charge is 0.478 e. The van der Waals surface area contributed by atoms with E-state index in [1.54, 1.807) is 0 Å². The van der Waals surface area contributed by atoms with Gasteiger partial charge in [0.05, 0.1) is 0 Å². The summed E-state index contributed by atoms with van der Waals surface area (Å²) in [6.45, 7) is 0.0611. The van der Waals surface area contributed by atoms with Gasteiger partial charge in [0, 0.05) is 6.61 Å². The quantitative estimate of drug-likeness (QED) is 0.844. The summed E-state index contributed by atoms with van der Waals surface area (Å²) in [6.07, 6.45) is -11.0. The van der Waals surface area contributed by atoms with Crippen molar-refractivity contribution in [2.75, 3.05) is 6.61 Å². The van der Waals surface area contributed by atoms with Crippen LogP contribution in [0.3, 0.4) is 0 Å². The number of ether oxygens (including phenoxy) is 1. The van der Waals surface area contributed by atoms with E-state index in [1.807, 2.05) is 0 Å². The summed E-state index contributed by atoms with van der Waals surface area (Å²) in [5.41, 5.74) is -5.95. The topological polar surface area (TPSA) is 64.3 Å². The lowest BCUT2D eigenvalue weighted by molar-refractivity contribution is -0.152. The number of alkyl halides is 6. The van der Waals surface area contributed by atoms with Crippen LogP contribution in [-0.4, -0.2) is 27.5 Å². The summed E-state index contributed by atoms with van der Waals surface area (Å²) in [5, 5.41) is 11.6. The Kier molecular flexibility index (Phi) is 4.11. The summed E-state index contributed by atoms with van der Waals surface area (Å²) in [5.74, 6) is -2.35. The number of carboxylic acids is 1. The lowest BCUT2D eigenvalue weighted by Crippen LogP contribution is -2.25. The second-order valence-electron chi connectivity index (χ2n) is 4.64. The minimum Gasteiger partial charge on any atom is -0.478 e. The van der Waals surface area contributed by atoms with Crippen molar-refractivity contribution in [1.29, 1.82) is 0 Å². The first-order valence-electron chi connectivity index (χ1n) is 6.15. The maximum Gasteiger partial charge on any atom is 0.436 e. The smallest absolute Gasteiger partial charge is 0.436 e. The molecule has 124 valence electrons. The van der Waals surface area contributed by atoms with E-state index >= 15 is 0 Å². The van der Waals surface area contributed by atoms with E-state index in [4.69, 9.17) is 9.84 Å². The van der Waals surface area contributed by atoms with Crippen LogP contribution in [0.15, 0.2) is 0 Å². The Morgan fingerprint density at radius 1 is 1.18 bits per heavy atom. The molecule has 1 aliphatic heterocycles. The van der Waals surface area contributed by atoms with Crippen LogP contribution >= 0.6 is 0 Å². The molecule has 0 spiro atoms. The van der Waals surface area contributed by atoms with Crippen LogP contribution in [-0.2, 0) is 17.1 Å². The minimum absolute atomic E-state index is 0.00850. The zero-order chi connectivity index (χ0) is 16.7. The number of halogens is 6. The van der Waals surface area contributed by atoms with Gasteiger partial charge >= 0.3 is 18.3 Å². The van der Waals surface area contributed by atoms with Gasteiger partial charge in [0.25, 0.3) is 0 Å². The van der Waals surface area contributed by atoms with Gasteiger partial charge in [-0.2, -0.15) is 31.4 Å². The van der Waals surface area contributed by atoms with E-state index in [2.05, 4.69) is 5.10 Å². The van der Waals surface area contributed by atoms with Crippen molar-refractivity contribution in [2.45, 2.75) is 37.8 Å². The standard InChI is InChI=1S/C11H10F6N2O3/c12-10(13,14)7-6(9(20)21)8(11(15,16)17)19(18-7)5-3-1-2-4-22-5/h5H,1-4H2,(H,20,21). The molecule has 22 heavy (non-hydrogen) atoms. The van der Waals surface area contributed by atoms with Crippen molar-refractivity contribution in [1.82, 2.24) is 9.78 Å². The average molecular weight is 332 g/mol. The molecule has 1 aliphatic rings. The fraction of sp³-hybridized carbons (Fsp3) is 0.636. The number of aromatic nitrogens is 2. The van der Waals surface area contributed by atoms with Crippen molar-refractivity contribution in [3.63, 3.8) is 0 Å². The van der Waals surface area contributed by atoms with Gasteiger partial charge in [0.15, 0.2) is 17.6 Å². The van der Waals surface area contributed by atoms with Crippen LogP contribution in [0, 0.1) is 0 Å². The number of rotatable bonds is 2. The second kappa shape index (κ2) is 5.45. The number of aromatic carboxylic acids is 1. The molecule has 2 heterocycles. The SMILES string of the molecule is O=C(O)c1c(C(F)(F)F)nn(C2CCCCO2)c1C(F)(F)F. The van der Waals surface area contributed by atoms with Crippen molar-refractivity contribution < 1.29 is 41.0 Å². The van der Waals surface area contributed by atoms with Gasteiger partial charge in [-0.15, -0.1) is 0 Å². The highest BCUT2D eigenvalue weighted by atomic mass is 19.4. The summed E-state index contributed by atoms with van der Waals surface area (Å²) in [4.78, 5) is 10.9. The third kappa shape index (κ3) is 3.03. The minimum atomic E-state index is -5.33. The molecule has 0 amide bonds. The third-order valence-corrected chi connectivity index (χ3v) is 3.09. The molecule has 0 radical (unpaired) electrons. The summed E-state index contributed by atoms with van der Waals surface area (Å²) < 4.78 is 82.7. The van der Waals surface area contributed by atoms with Crippen LogP contribution in [0.25, 0.3) is 0 Å². The molecular weight excluding hydrogens is 322 g/mol. The molecule has 1 unspecified atom stereocenters. The lowest BCUT2D eigenvalue weighted by atomic mass is 10.1. The third-order valence-electron chi connectivity index (χ3n) is 3.09. The van der Waals surface area contributed by atoms with Gasteiger partial charge in [-0.1, -0.05) is 0 Å². The molecule has 1 fully saturated rings. The molecule has 1 saturated heterocycles. The van der Waals surface area contributed by atoms with Crippen LogP contribution in [0.4, 0.5) is 26.3 Å². The Balaban J connectivity index is 2.69. The first-order valence-corrected chi connectivity index (χ1v) is 6.15. The molecule has 0 aromatic carbocycles. The molecule has 11 heteroatoms. The molecule has 1 N–H and O–H groups in total. The summed E-state index contributed by atoms with van der Waals surface area (Å²) >= 11 is 0. The maximum atomic E-state index is 13.1. The highest BCUT2D eigenvalue weighted by molar-refractivity contribution is 5.90. The van der Waals surface area contributed by atoms with Crippen molar-refractivity contribution >= 4 is 5.97 Å². The molecule has 5 nitrogen and oxygen atoms in total. The molecule has 2 rings (SSSR count). The number of hydrogen-bond donors (Lipinski definition) is 1. The monoisotopic (exact) mass is 332 g/mol. The maximum absolute atomic E-state index is 13.1. The Hall–Kier alpha value is -1.78. The fourth-order valence-corrected chi connectivity index (χ4v) is 2.23. The fourth-order valence-electron chi connectivity index (χ4n) is 2.23. The Bertz CT molecular complexity index is 572. The number of hydrogen-bond acceptors (Lipinski definition) is 3. The predicted molar refractivity (Wildman–Crippen MR) is 58.0 cm³/mol. The highest BCUT2D eigenvalue weighted by Gasteiger charge is 2.50. The molecule has 1 atom stereocenters. The zero-order valence-corrected chi connectivity index (χ0v) is 10.8. The molecule has 1 aromatic rings. The van der Waals surface area contributed by atoms with Crippen LogP contribution < -0.4 is 0 Å². The molecule has 1 aromatic heterocycles. The average Bonchev–Trinajstić information content (AvgIpc) is 2.80. The van der Waals surface area contributed by atoms with Crippen LogP contribution in [0.1, 0.15) is 47.2 Å². The number of carbonyl (C=O) groups is 1. The van der Waals surface area contributed by atoms with Crippen LogP contribution in [0.5, 0.6) is 0 Å². The van der Waals surface area contributed by atoms with Crippen molar-refractivity contribution in [3.05, 3.63) is 17.0 Å². The highest BCUT2D eigenvalue weighted by Crippen LogP contribution is 2.41. The van der Waals surface area contributed by atoms with Gasteiger partial charge in [-0.05, 0) is 19.3 Å². The zero-order valence-electron chi connectivity index (χ0n) is 10.8.